The number of esters is 1. The highest BCUT2D eigenvalue weighted by Crippen LogP contribution is 2.44. The molecule has 7 nitrogen and oxygen atoms in total. The van der Waals surface area contributed by atoms with Crippen molar-refractivity contribution in [2.45, 2.75) is 64.5 Å². The number of benzene rings is 1. The van der Waals surface area contributed by atoms with Gasteiger partial charge < -0.3 is 18.8 Å². The van der Waals surface area contributed by atoms with Gasteiger partial charge in [0.2, 0.25) is 5.88 Å². The Kier molecular flexibility index (Phi) is 8.32. The van der Waals surface area contributed by atoms with Crippen LogP contribution in [0.15, 0.2) is 48.9 Å². The lowest BCUT2D eigenvalue weighted by molar-refractivity contribution is -0.143. The van der Waals surface area contributed by atoms with Crippen LogP contribution >= 0.6 is 11.6 Å². The first kappa shape index (κ1) is 26.3. The standard InChI is InChI=1S/C30H34ClN3O4/c1-3-37-29(35)17-34-19-32-16-23(34)18-38-28-13-10-22(15-26(28)31)25(14-20-6-4-5-7-20)27-12-11-24(21-8-9-21)30(33-27)36-2/h10-16,19-21H,3-9,17-18H2,1-2H3/b25-14+. The number of imidazole rings is 1. The first-order chi connectivity index (χ1) is 18.6. The SMILES string of the molecule is CCOC(=O)Cn1cncc1COc1ccc(/C(=C\C2CCCC2)c2ccc(C3CC3)c(OC)n2)cc1Cl. The van der Waals surface area contributed by atoms with E-state index in [0.717, 1.165) is 22.5 Å². The molecule has 0 aliphatic heterocycles. The second-order valence-electron chi connectivity index (χ2n) is 9.95. The zero-order valence-corrected chi connectivity index (χ0v) is 22.7. The predicted molar refractivity (Wildman–Crippen MR) is 146 cm³/mol. The van der Waals surface area contributed by atoms with Crippen molar-refractivity contribution < 1.29 is 19.0 Å². The summed E-state index contributed by atoms with van der Waals surface area (Å²) in [6.07, 6.45) is 12.9. The molecule has 2 aliphatic carbocycles. The zero-order chi connectivity index (χ0) is 26.5. The highest BCUT2D eigenvalue weighted by atomic mass is 35.5. The summed E-state index contributed by atoms with van der Waals surface area (Å²) >= 11 is 6.72. The number of ether oxygens (including phenoxy) is 3. The van der Waals surface area contributed by atoms with Crippen LogP contribution in [0.4, 0.5) is 0 Å². The molecule has 0 spiro atoms. The Morgan fingerprint density at radius 1 is 1.16 bits per heavy atom. The third kappa shape index (κ3) is 6.21. The molecule has 2 aliphatic rings. The van der Waals surface area contributed by atoms with Gasteiger partial charge in [0.05, 0.1) is 42.7 Å². The molecule has 2 heterocycles. The Hall–Kier alpha value is -3.32. The number of halogens is 1. The third-order valence-corrected chi connectivity index (χ3v) is 7.50. The number of rotatable bonds is 11. The van der Waals surface area contributed by atoms with Gasteiger partial charge in [-0.15, -0.1) is 0 Å². The maximum absolute atomic E-state index is 11.9. The van der Waals surface area contributed by atoms with E-state index in [4.69, 9.17) is 30.8 Å². The van der Waals surface area contributed by atoms with Crippen LogP contribution in [0.5, 0.6) is 11.6 Å². The van der Waals surface area contributed by atoms with Crippen LogP contribution < -0.4 is 9.47 Å². The molecule has 2 aromatic heterocycles. The van der Waals surface area contributed by atoms with Gasteiger partial charge in [-0.2, -0.15) is 0 Å². The number of pyridine rings is 1. The van der Waals surface area contributed by atoms with Crippen LogP contribution in [-0.4, -0.2) is 34.2 Å². The van der Waals surface area contributed by atoms with Crippen LogP contribution in [0.2, 0.25) is 5.02 Å². The van der Waals surface area contributed by atoms with Gasteiger partial charge in [-0.05, 0) is 68.2 Å². The summed E-state index contributed by atoms with van der Waals surface area (Å²) in [5.41, 5.74) is 4.91. The summed E-state index contributed by atoms with van der Waals surface area (Å²) in [7, 11) is 1.69. The smallest absolute Gasteiger partial charge is 0.325 e. The monoisotopic (exact) mass is 535 g/mol. The Balaban J connectivity index is 1.37. The number of methoxy groups -OCH3 is 1. The van der Waals surface area contributed by atoms with E-state index in [1.54, 1.807) is 31.1 Å². The predicted octanol–water partition coefficient (Wildman–Crippen LogP) is 6.58. The van der Waals surface area contributed by atoms with Gasteiger partial charge in [0.1, 0.15) is 18.9 Å². The fraction of sp³-hybridized carbons (Fsp3) is 0.433. The van der Waals surface area contributed by atoms with Crippen molar-refractivity contribution in [1.82, 2.24) is 14.5 Å². The summed E-state index contributed by atoms with van der Waals surface area (Å²) in [6, 6.07) is 10.1. The van der Waals surface area contributed by atoms with Crippen molar-refractivity contribution in [3.63, 3.8) is 0 Å². The highest BCUT2D eigenvalue weighted by molar-refractivity contribution is 6.32. The van der Waals surface area contributed by atoms with E-state index in [0.29, 0.717) is 35.1 Å². The molecule has 1 aromatic carbocycles. The average molecular weight is 536 g/mol. The Labute approximate surface area is 228 Å². The van der Waals surface area contributed by atoms with Crippen LogP contribution in [0.3, 0.4) is 0 Å². The topological polar surface area (TPSA) is 75.5 Å². The fourth-order valence-electron chi connectivity index (χ4n) is 5.05. The second-order valence-corrected chi connectivity index (χ2v) is 10.4. The molecule has 0 N–H and O–H groups in total. The number of nitrogens with zero attached hydrogens (tertiary/aromatic N) is 3. The first-order valence-electron chi connectivity index (χ1n) is 13.4. The quantitative estimate of drug-likeness (QED) is 0.258. The van der Waals surface area contributed by atoms with Crippen molar-refractivity contribution in [3.8, 4) is 11.6 Å². The number of carbonyl (C=O) groups excluding carboxylic acids is 1. The number of carbonyl (C=O) groups is 1. The van der Waals surface area contributed by atoms with E-state index in [1.807, 2.05) is 18.2 Å². The van der Waals surface area contributed by atoms with Gasteiger partial charge in [0.25, 0.3) is 0 Å². The molecule has 3 aromatic rings. The minimum Gasteiger partial charge on any atom is -0.486 e. The molecule has 0 bridgehead atoms. The molecule has 0 radical (unpaired) electrons. The average Bonchev–Trinajstić information content (AvgIpc) is 3.45. The molecule has 38 heavy (non-hydrogen) atoms. The van der Waals surface area contributed by atoms with E-state index in [1.165, 1.54) is 44.1 Å². The van der Waals surface area contributed by atoms with Crippen LogP contribution in [0.25, 0.3) is 5.57 Å². The van der Waals surface area contributed by atoms with Crippen LogP contribution in [0, 0.1) is 5.92 Å². The molecular formula is C30H34ClN3O4. The highest BCUT2D eigenvalue weighted by Gasteiger charge is 2.28. The lowest BCUT2D eigenvalue weighted by Crippen LogP contribution is -2.15. The summed E-state index contributed by atoms with van der Waals surface area (Å²) < 4.78 is 18.5. The normalized spacial score (nSPS) is 16.0. The van der Waals surface area contributed by atoms with E-state index in [2.05, 4.69) is 23.2 Å². The van der Waals surface area contributed by atoms with E-state index < -0.39 is 0 Å². The fourth-order valence-corrected chi connectivity index (χ4v) is 5.29. The minimum absolute atomic E-state index is 0.0878. The first-order valence-corrected chi connectivity index (χ1v) is 13.8. The van der Waals surface area contributed by atoms with Gasteiger partial charge in [-0.25, -0.2) is 9.97 Å². The largest absolute Gasteiger partial charge is 0.486 e. The van der Waals surface area contributed by atoms with E-state index in [9.17, 15) is 4.79 Å². The van der Waals surface area contributed by atoms with Crippen molar-refractivity contribution in [3.05, 3.63) is 76.5 Å². The van der Waals surface area contributed by atoms with Gasteiger partial charge >= 0.3 is 5.97 Å². The number of hydrogen-bond acceptors (Lipinski definition) is 6. The van der Waals surface area contributed by atoms with Crippen LogP contribution in [0.1, 0.15) is 73.9 Å². The summed E-state index contributed by atoms with van der Waals surface area (Å²) in [5.74, 6) is 2.05. The number of aromatic nitrogens is 3. The van der Waals surface area contributed by atoms with E-state index >= 15 is 0 Å². The van der Waals surface area contributed by atoms with Gasteiger partial charge in [0.15, 0.2) is 0 Å². The Morgan fingerprint density at radius 3 is 2.68 bits per heavy atom. The number of hydrogen-bond donors (Lipinski definition) is 0. The van der Waals surface area contributed by atoms with E-state index in [-0.39, 0.29) is 19.1 Å². The summed E-state index contributed by atoms with van der Waals surface area (Å²) in [4.78, 5) is 20.9. The maximum Gasteiger partial charge on any atom is 0.325 e. The third-order valence-electron chi connectivity index (χ3n) is 7.20. The molecule has 0 saturated heterocycles. The minimum atomic E-state index is -0.314. The maximum atomic E-state index is 11.9. The van der Waals surface area contributed by atoms with Gasteiger partial charge in [0, 0.05) is 11.1 Å². The Bertz CT molecular complexity index is 1310. The molecule has 200 valence electrons. The van der Waals surface area contributed by atoms with Crippen LogP contribution in [-0.2, 0) is 22.7 Å². The summed E-state index contributed by atoms with van der Waals surface area (Å²) in [6.45, 7) is 2.44. The van der Waals surface area contributed by atoms with Crippen molar-refractivity contribution in [2.24, 2.45) is 5.92 Å². The molecule has 8 heteroatoms. The van der Waals surface area contributed by atoms with Gasteiger partial charge in [-0.3, -0.25) is 4.79 Å². The Morgan fingerprint density at radius 2 is 1.97 bits per heavy atom. The van der Waals surface area contributed by atoms with Crippen molar-refractivity contribution in [2.75, 3.05) is 13.7 Å². The lowest BCUT2D eigenvalue weighted by atomic mass is 9.95. The molecule has 0 atom stereocenters. The molecule has 0 amide bonds. The molecule has 2 fully saturated rings. The second kappa shape index (κ2) is 12.0. The molecular weight excluding hydrogens is 502 g/mol. The van der Waals surface area contributed by atoms with Crippen molar-refractivity contribution in [1.29, 1.82) is 0 Å². The zero-order valence-electron chi connectivity index (χ0n) is 22.0. The molecule has 0 unspecified atom stereocenters. The lowest BCUT2D eigenvalue weighted by Gasteiger charge is -2.16. The van der Waals surface area contributed by atoms with Gasteiger partial charge in [-0.1, -0.05) is 42.7 Å². The number of allylic oxidation sites excluding steroid dienone is 1. The molecule has 2 saturated carbocycles. The molecule has 5 rings (SSSR count). The summed E-state index contributed by atoms with van der Waals surface area (Å²) in [5, 5.41) is 0.512. The van der Waals surface area contributed by atoms with Crippen molar-refractivity contribution >= 4 is 23.1 Å².